The van der Waals surface area contributed by atoms with Crippen LogP contribution in [0.5, 0.6) is 0 Å². The maximum atomic E-state index is 11.7. The Hall–Kier alpha value is -1.35. The molecule has 0 fully saturated rings. The van der Waals surface area contributed by atoms with Gasteiger partial charge in [0.1, 0.15) is 0 Å². The minimum atomic E-state index is 0.0859. The summed E-state index contributed by atoms with van der Waals surface area (Å²) in [6, 6.07) is 10.1. The van der Waals surface area contributed by atoms with Crippen molar-refractivity contribution in [3.05, 3.63) is 35.9 Å². The Balaban J connectivity index is 2.20. The average molecular weight is 248 g/mol. The molecule has 18 heavy (non-hydrogen) atoms. The van der Waals surface area contributed by atoms with Gasteiger partial charge in [-0.15, -0.1) is 0 Å². The lowest BCUT2D eigenvalue weighted by Crippen LogP contribution is -2.26. The summed E-state index contributed by atoms with van der Waals surface area (Å²) in [7, 11) is 0. The molecule has 1 amide bonds. The maximum Gasteiger partial charge on any atom is 0.220 e. The zero-order chi connectivity index (χ0) is 13.2. The molecule has 0 radical (unpaired) electrons. The topological polar surface area (TPSA) is 55.1 Å². The van der Waals surface area contributed by atoms with E-state index in [-0.39, 0.29) is 11.9 Å². The molecule has 0 heterocycles. The predicted octanol–water partition coefficient (Wildman–Crippen LogP) is 2.77. The first-order valence-corrected chi connectivity index (χ1v) is 6.78. The highest BCUT2D eigenvalue weighted by Gasteiger charge is 2.08. The van der Waals surface area contributed by atoms with Gasteiger partial charge in [0, 0.05) is 6.42 Å². The molecule has 1 aromatic rings. The van der Waals surface area contributed by atoms with Crippen LogP contribution in [0, 0.1) is 0 Å². The second-order valence-electron chi connectivity index (χ2n) is 4.65. The molecule has 0 bridgehead atoms. The van der Waals surface area contributed by atoms with Crippen LogP contribution in [0.2, 0.25) is 0 Å². The van der Waals surface area contributed by atoms with Crippen molar-refractivity contribution in [1.29, 1.82) is 0 Å². The van der Waals surface area contributed by atoms with Crippen LogP contribution in [-0.2, 0) is 4.79 Å². The highest BCUT2D eigenvalue weighted by atomic mass is 16.1. The molecule has 0 saturated carbocycles. The summed E-state index contributed by atoms with van der Waals surface area (Å²) in [6.07, 6.45) is 4.83. The summed E-state index contributed by atoms with van der Waals surface area (Å²) < 4.78 is 0. The molecule has 0 aliphatic heterocycles. The molecule has 3 nitrogen and oxygen atoms in total. The SMILES string of the molecule is CC(NC(=O)CCCCCCN)c1ccccc1. The van der Waals surface area contributed by atoms with E-state index < -0.39 is 0 Å². The van der Waals surface area contributed by atoms with Crippen LogP contribution in [0.1, 0.15) is 50.6 Å². The summed E-state index contributed by atoms with van der Waals surface area (Å²) in [5, 5.41) is 3.02. The van der Waals surface area contributed by atoms with E-state index in [1.165, 1.54) is 0 Å². The van der Waals surface area contributed by atoms with E-state index in [4.69, 9.17) is 5.73 Å². The van der Waals surface area contributed by atoms with Crippen LogP contribution in [0.3, 0.4) is 0 Å². The van der Waals surface area contributed by atoms with Crippen molar-refractivity contribution >= 4 is 5.91 Å². The number of benzene rings is 1. The Morgan fingerprint density at radius 1 is 1.17 bits per heavy atom. The van der Waals surface area contributed by atoms with Gasteiger partial charge in [-0.05, 0) is 31.9 Å². The van der Waals surface area contributed by atoms with Crippen molar-refractivity contribution in [3.8, 4) is 0 Å². The number of rotatable bonds is 8. The normalized spacial score (nSPS) is 12.1. The number of carbonyl (C=O) groups is 1. The molecule has 1 atom stereocenters. The van der Waals surface area contributed by atoms with Gasteiger partial charge in [0.2, 0.25) is 5.91 Å². The number of unbranched alkanes of at least 4 members (excludes halogenated alkanes) is 3. The third-order valence-electron chi connectivity index (χ3n) is 3.04. The molecule has 1 unspecified atom stereocenters. The van der Waals surface area contributed by atoms with Crippen LogP contribution in [-0.4, -0.2) is 12.5 Å². The lowest BCUT2D eigenvalue weighted by atomic mass is 10.1. The molecule has 0 aliphatic carbocycles. The monoisotopic (exact) mass is 248 g/mol. The first kappa shape index (κ1) is 14.7. The summed E-state index contributed by atoms with van der Waals surface area (Å²) >= 11 is 0. The van der Waals surface area contributed by atoms with Gasteiger partial charge in [-0.2, -0.15) is 0 Å². The number of hydrogen-bond donors (Lipinski definition) is 2. The smallest absolute Gasteiger partial charge is 0.220 e. The van der Waals surface area contributed by atoms with Crippen molar-refractivity contribution in [2.24, 2.45) is 5.73 Å². The van der Waals surface area contributed by atoms with E-state index in [1.54, 1.807) is 0 Å². The fourth-order valence-corrected chi connectivity index (χ4v) is 1.92. The first-order chi connectivity index (χ1) is 8.74. The van der Waals surface area contributed by atoms with Gasteiger partial charge in [-0.1, -0.05) is 43.2 Å². The van der Waals surface area contributed by atoms with Gasteiger partial charge < -0.3 is 11.1 Å². The molecule has 1 rings (SSSR count). The van der Waals surface area contributed by atoms with Gasteiger partial charge in [0.05, 0.1) is 6.04 Å². The summed E-state index contributed by atoms with van der Waals surface area (Å²) in [6.45, 7) is 2.76. The third kappa shape index (κ3) is 5.82. The van der Waals surface area contributed by atoms with E-state index in [9.17, 15) is 4.79 Å². The maximum absolute atomic E-state index is 11.7. The highest BCUT2D eigenvalue weighted by molar-refractivity contribution is 5.76. The largest absolute Gasteiger partial charge is 0.350 e. The fraction of sp³-hybridized carbons (Fsp3) is 0.533. The van der Waals surface area contributed by atoms with E-state index in [1.807, 2.05) is 37.3 Å². The van der Waals surface area contributed by atoms with Gasteiger partial charge in [-0.25, -0.2) is 0 Å². The highest BCUT2D eigenvalue weighted by Crippen LogP contribution is 2.11. The molecular formula is C15H24N2O. The van der Waals surface area contributed by atoms with Crippen molar-refractivity contribution in [1.82, 2.24) is 5.32 Å². The Morgan fingerprint density at radius 2 is 1.83 bits per heavy atom. The Morgan fingerprint density at radius 3 is 2.50 bits per heavy atom. The zero-order valence-electron chi connectivity index (χ0n) is 11.2. The van der Waals surface area contributed by atoms with E-state index in [2.05, 4.69) is 5.32 Å². The van der Waals surface area contributed by atoms with E-state index >= 15 is 0 Å². The minimum absolute atomic E-state index is 0.0859. The van der Waals surface area contributed by atoms with Gasteiger partial charge in [-0.3, -0.25) is 4.79 Å². The molecule has 1 aromatic carbocycles. The van der Waals surface area contributed by atoms with Gasteiger partial charge >= 0.3 is 0 Å². The van der Waals surface area contributed by atoms with Gasteiger partial charge in [0.25, 0.3) is 0 Å². The number of carbonyl (C=O) groups excluding carboxylic acids is 1. The average Bonchev–Trinajstić information content (AvgIpc) is 2.39. The molecule has 3 heteroatoms. The lowest BCUT2D eigenvalue weighted by molar-refractivity contribution is -0.121. The molecule has 0 aromatic heterocycles. The summed E-state index contributed by atoms with van der Waals surface area (Å²) in [4.78, 5) is 11.7. The molecule has 0 saturated heterocycles. The van der Waals surface area contributed by atoms with Crippen molar-refractivity contribution in [3.63, 3.8) is 0 Å². The quantitative estimate of drug-likeness (QED) is 0.695. The van der Waals surface area contributed by atoms with Gasteiger partial charge in [0.15, 0.2) is 0 Å². The van der Waals surface area contributed by atoms with Crippen molar-refractivity contribution in [2.75, 3.05) is 6.54 Å². The number of nitrogens with one attached hydrogen (secondary N) is 1. The Kier molecular flexibility index (Phi) is 7.11. The second kappa shape index (κ2) is 8.70. The molecule has 3 N–H and O–H groups in total. The van der Waals surface area contributed by atoms with Crippen LogP contribution >= 0.6 is 0 Å². The predicted molar refractivity (Wildman–Crippen MR) is 75.1 cm³/mol. The lowest BCUT2D eigenvalue weighted by Gasteiger charge is -2.14. The zero-order valence-corrected chi connectivity index (χ0v) is 11.2. The van der Waals surface area contributed by atoms with Crippen LogP contribution in [0.25, 0.3) is 0 Å². The van der Waals surface area contributed by atoms with E-state index in [0.29, 0.717) is 6.42 Å². The summed E-state index contributed by atoms with van der Waals surface area (Å²) in [5.41, 5.74) is 6.57. The molecule has 100 valence electrons. The standard InChI is InChI=1S/C15H24N2O/c1-13(14-9-5-4-6-10-14)17-15(18)11-7-2-3-8-12-16/h4-6,9-10,13H,2-3,7-8,11-12,16H2,1H3,(H,17,18). The molecule has 0 spiro atoms. The fourth-order valence-electron chi connectivity index (χ4n) is 1.92. The van der Waals surface area contributed by atoms with E-state index in [0.717, 1.165) is 37.8 Å². The molecule has 0 aliphatic rings. The second-order valence-corrected chi connectivity index (χ2v) is 4.65. The summed E-state index contributed by atoms with van der Waals surface area (Å²) in [5.74, 6) is 0.138. The van der Waals surface area contributed by atoms with Crippen LogP contribution in [0.4, 0.5) is 0 Å². The minimum Gasteiger partial charge on any atom is -0.350 e. The number of amides is 1. The molecular weight excluding hydrogens is 224 g/mol. The van der Waals surface area contributed by atoms with Crippen molar-refractivity contribution < 1.29 is 4.79 Å². The Labute approximate surface area is 110 Å². The Bertz CT molecular complexity index is 338. The third-order valence-corrected chi connectivity index (χ3v) is 3.04. The number of hydrogen-bond acceptors (Lipinski definition) is 2. The number of nitrogens with two attached hydrogens (primary N) is 1. The van der Waals surface area contributed by atoms with Crippen LogP contribution in [0.15, 0.2) is 30.3 Å². The van der Waals surface area contributed by atoms with Crippen LogP contribution < -0.4 is 11.1 Å². The first-order valence-electron chi connectivity index (χ1n) is 6.78. The van der Waals surface area contributed by atoms with Crippen molar-refractivity contribution in [2.45, 2.75) is 45.1 Å².